The molecule has 0 aliphatic carbocycles. The monoisotopic (exact) mass is 377 g/mol. The molecular weight excluding hydrogens is 358 g/mol. The molecule has 0 saturated heterocycles. The summed E-state index contributed by atoms with van der Waals surface area (Å²) in [6.45, 7) is 3.07. The summed E-state index contributed by atoms with van der Waals surface area (Å²) in [6.07, 6.45) is 0. The van der Waals surface area contributed by atoms with Gasteiger partial charge in [0.05, 0.1) is 5.56 Å². The second kappa shape index (κ2) is 8.11. The van der Waals surface area contributed by atoms with Crippen LogP contribution in [-0.2, 0) is 19.3 Å². The van der Waals surface area contributed by atoms with Gasteiger partial charge in [-0.3, -0.25) is 4.79 Å². The number of carbonyl (C=O) groups is 2. The zero-order chi connectivity index (χ0) is 19.3. The summed E-state index contributed by atoms with van der Waals surface area (Å²) in [4.78, 5) is 23.1. The van der Waals surface area contributed by atoms with E-state index in [2.05, 4.69) is 4.18 Å². The third-order valence-corrected chi connectivity index (χ3v) is 4.53. The Kier molecular flexibility index (Phi) is 6.12. The van der Waals surface area contributed by atoms with E-state index in [9.17, 15) is 18.0 Å². The highest BCUT2D eigenvalue weighted by Gasteiger charge is 2.29. The quantitative estimate of drug-likeness (QED) is 0.767. The molecule has 0 amide bonds. The summed E-state index contributed by atoms with van der Waals surface area (Å²) < 4.78 is 30.1. The van der Waals surface area contributed by atoms with E-state index < -0.39 is 34.2 Å². The first-order valence-electron chi connectivity index (χ1n) is 7.84. The van der Waals surface area contributed by atoms with Crippen molar-refractivity contribution in [1.82, 2.24) is 4.72 Å². The molecule has 2 aromatic carbocycles. The summed E-state index contributed by atoms with van der Waals surface area (Å²) in [5, 5.41) is 9.03. The minimum atomic E-state index is -4.56. The molecular formula is C18H19NO6S. The molecule has 0 radical (unpaired) electrons. The average molecular weight is 377 g/mol. The summed E-state index contributed by atoms with van der Waals surface area (Å²) in [7, 11) is -4.56. The Morgan fingerprint density at radius 3 is 2.00 bits per heavy atom. The molecule has 0 heterocycles. The lowest BCUT2D eigenvalue weighted by Gasteiger charge is -2.17. The first-order chi connectivity index (χ1) is 12.2. The average Bonchev–Trinajstić information content (AvgIpc) is 2.60. The maximum absolute atomic E-state index is 12.0. The van der Waals surface area contributed by atoms with Gasteiger partial charge in [0, 0.05) is 0 Å². The van der Waals surface area contributed by atoms with Crippen molar-refractivity contribution in [2.24, 2.45) is 5.92 Å². The van der Waals surface area contributed by atoms with Gasteiger partial charge in [-0.2, -0.15) is 13.1 Å². The minimum absolute atomic E-state index is 0.0338. The number of rotatable bonds is 7. The minimum Gasteiger partial charge on any atom is -0.480 e. The van der Waals surface area contributed by atoms with Crippen molar-refractivity contribution < 1.29 is 27.3 Å². The summed E-state index contributed by atoms with van der Waals surface area (Å²) >= 11 is 0. The normalized spacial score (nSPS) is 12.6. The SMILES string of the molecule is CC(C)C(NS(=O)(=O)OC(=O)c1ccc(-c2ccccc2)cc1)C(=O)O. The second-order valence-corrected chi connectivity index (χ2v) is 7.26. The number of carboxylic acids is 1. The number of carbonyl (C=O) groups excluding carboxylic acids is 1. The Bertz CT molecular complexity index is 876. The molecule has 1 unspecified atom stereocenters. The van der Waals surface area contributed by atoms with Crippen LogP contribution in [0.2, 0.25) is 0 Å². The van der Waals surface area contributed by atoms with Crippen molar-refractivity contribution in [3.05, 3.63) is 60.2 Å². The molecule has 0 aliphatic rings. The van der Waals surface area contributed by atoms with E-state index in [0.717, 1.165) is 11.1 Å². The smallest absolute Gasteiger partial charge is 0.386 e. The Balaban J connectivity index is 2.10. The summed E-state index contributed by atoms with van der Waals surface area (Å²) in [5.41, 5.74) is 1.84. The van der Waals surface area contributed by atoms with E-state index in [1.165, 1.54) is 26.0 Å². The number of carboxylic acid groups (broad SMARTS) is 1. The van der Waals surface area contributed by atoms with E-state index in [4.69, 9.17) is 5.11 Å². The molecule has 0 aromatic heterocycles. The molecule has 2 N–H and O–H groups in total. The van der Waals surface area contributed by atoms with Gasteiger partial charge in [0.15, 0.2) is 0 Å². The van der Waals surface area contributed by atoms with E-state index in [1.54, 1.807) is 12.1 Å². The van der Waals surface area contributed by atoms with E-state index in [0.29, 0.717) is 0 Å². The van der Waals surface area contributed by atoms with E-state index in [1.807, 2.05) is 35.1 Å². The van der Waals surface area contributed by atoms with Gasteiger partial charge in [-0.1, -0.05) is 56.3 Å². The van der Waals surface area contributed by atoms with Crippen LogP contribution in [-0.4, -0.2) is 31.5 Å². The van der Waals surface area contributed by atoms with Crippen LogP contribution in [0.4, 0.5) is 0 Å². The topological polar surface area (TPSA) is 110 Å². The zero-order valence-corrected chi connectivity index (χ0v) is 15.1. The van der Waals surface area contributed by atoms with Crippen LogP contribution in [0.25, 0.3) is 11.1 Å². The molecule has 0 spiro atoms. The number of aliphatic carboxylic acids is 1. The molecule has 2 aromatic rings. The molecule has 1 atom stereocenters. The molecule has 2 rings (SSSR count). The van der Waals surface area contributed by atoms with Crippen LogP contribution in [0.5, 0.6) is 0 Å². The van der Waals surface area contributed by atoms with Crippen LogP contribution < -0.4 is 4.72 Å². The maximum Gasteiger partial charge on any atom is 0.386 e. The van der Waals surface area contributed by atoms with Crippen LogP contribution in [0, 0.1) is 5.92 Å². The van der Waals surface area contributed by atoms with Crippen molar-refractivity contribution in [1.29, 1.82) is 0 Å². The van der Waals surface area contributed by atoms with Crippen molar-refractivity contribution in [2.45, 2.75) is 19.9 Å². The van der Waals surface area contributed by atoms with Crippen molar-refractivity contribution in [3.63, 3.8) is 0 Å². The lowest BCUT2D eigenvalue weighted by atomic mass is 10.0. The summed E-state index contributed by atoms with van der Waals surface area (Å²) in [6, 6.07) is 14.3. The fourth-order valence-electron chi connectivity index (χ4n) is 2.23. The zero-order valence-electron chi connectivity index (χ0n) is 14.2. The van der Waals surface area contributed by atoms with Gasteiger partial charge >= 0.3 is 22.2 Å². The second-order valence-electron chi connectivity index (χ2n) is 5.95. The first-order valence-corrected chi connectivity index (χ1v) is 9.25. The number of hydrogen-bond acceptors (Lipinski definition) is 5. The molecule has 7 nitrogen and oxygen atoms in total. The highest BCUT2D eigenvalue weighted by Crippen LogP contribution is 2.19. The lowest BCUT2D eigenvalue weighted by molar-refractivity contribution is -0.140. The predicted molar refractivity (Wildman–Crippen MR) is 95.6 cm³/mol. The van der Waals surface area contributed by atoms with Crippen molar-refractivity contribution in [2.75, 3.05) is 0 Å². The Hall–Kier alpha value is -2.71. The molecule has 138 valence electrons. The van der Waals surface area contributed by atoms with Gasteiger partial charge in [0.1, 0.15) is 6.04 Å². The van der Waals surface area contributed by atoms with Crippen LogP contribution >= 0.6 is 0 Å². The largest absolute Gasteiger partial charge is 0.480 e. The van der Waals surface area contributed by atoms with Gasteiger partial charge < -0.3 is 9.29 Å². The highest BCUT2D eigenvalue weighted by atomic mass is 32.2. The standard InChI is InChI=1S/C18H19NO6S/c1-12(2)16(17(20)21)19-26(23,24)25-18(22)15-10-8-14(9-11-15)13-6-4-3-5-7-13/h3-12,16,19H,1-2H3,(H,20,21). The molecule has 26 heavy (non-hydrogen) atoms. The third-order valence-electron chi connectivity index (χ3n) is 3.62. The van der Waals surface area contributed by atoms with Crippen molar-refractivity contribution in [3.8, 4) is 11.1 Å². The van der Waals surface area contributed by atoms with E-state index >= 15 is 0 Å². The highest BCUT2D eigenvalue weighted by molar-refractivity contribution is 7.85. The van der Waals surface area contributed by atoms with Crippen LogP contribution in [0.3, 0.4) is 0 Å². The summed E-state index contributed by atoms with van der Waals surface area (Å²) in [5.74, 6) is -2.97. The lowest BCUT2D eigenvalue weighted by Crippen LogP contribution is -2.45. The predicted octanol–water partition coefficient (Wildman–Crippen LogP) is 2.45. The molecule has 0 fully saturated rings. The molecule has 0 bridgehead atoms. The Morgan fingerprint density at radius 1 is 0.962 bits per heavy atom. The molecule has 0 saturated carbocycles. The molecule has 0 aliphatic heterocycles. The first kappa shape index (κ1) is 19.6. The van der Waals surface area contributed by atoms with Gasteiger partial charge in [0.2, 0.25) is 0 Å². The number of benzene rings is 2. The van der Waals surface area contributed by atoms with Crippen LogP contribution in [0.1, 0.15) is 24.2 Å². The van der Waals surface area contributed by atoms with Gasteiger partial charge in [-0.05, 0) is 29.2 Å². The van der Waals surface area contributed by atoms with Gasteiger partial charge in [-0.25, -0.2) is 4.79 Å². The van der Waals surface area contributed by atoms with Crippen molar-refractivity contribution >= 4 is 22.2 Å². The fourth-order valence-corrected chi connectivity index (χ4v) is 3.26. The maximum atomic E-state index is 12.0. The van der Waals surface area contributed by atoms with Crippen LogP contribution in [0.15, 0.2) is 54.6 Å². The van der Waals surface area contributed by atoms with E-state index in [-0.39, 0.29) is 5.56 Å². The number of nitrogens with one attached hydrogen (secondary N) is 1. The Morgan fingerprint density at radius 2 is 1.50 bits per heavy atom. The van der Waals surface area contributed by atoms with Gasteiger partial charge in [0.25, 0.3) is 0 Å². The Labute approximate surface area is 151 Å². The molecule has 8 heteroatoms. The van der Waals surface area contributed by atoms with Gasteiger partial charge in [-0.15, -0.1) is 0 Å². The number of hydrogen-bond donors (Lipinski definition) is 2. The fraction of sp³-hybridized carbons (Fsp3) is 0.222. The third kappa shape index (κ3) is 5.14.